The number of carbonyl (C=O) groups excluding carboxylic acids is 1. The predicted octanol–water partition coefficient (Wildman–Crippen LogP) is 0.816. The molecule has 1 unspecified atom stereocenters. The minimum absolute atomic E-state index is 0.184. The van der Waals surface area contributed by atoms with E-state index in [4.69, 9.17) is 4.74 Å². The van der Waals surface area contributed by atoms with Crippen molar-refractivity contribution in [1.82, 2.24) is 20.0 Å². The summed E-state index contributed by atoms with van der Waals surface area (Å²) in [4.78, 5) is 26.5. The number of aromatic nitrogens is 2. The van der Waals surface area contributed by atoms with Crippen molar-refractivity contribution >= 4 is 5.91 Å². The van der Waals surface area contributed by atoms with Gasteiger partial charge in [-0.1, -0.05) is 12.1 Å². The lowest BCUT2D eigenvalue weighted by molar-refractivity contribution is 0.0624. The van der Waals surface area contributed by atoms with Crippen molar-refractivity contribution in [3.63, 3.8) is 0 Å². The Morgan fingerprint density at radius 2 is 2.23 bits per heavy atom. The molecule has 1 aliphatic heterocycles. The van der Waals surface area contributed by atoms with E-state index in [-0.39, 0.29) is 35.6 Å². The third-order valence-corrected chi connectivity index (χ3v) is 4.33. The first-order valence-electron chi connectivity index (χ1n) is 8.44. The van der Waals surface area contributed by atoms with E-state index in [1.165, 1.54) is 36.1 Å². The molecule has 1 atom stereocenters. The molecule has 2 heterocycles. The summed E-state index contributed by atoms with van der Waals surface area (Å²) < 4.78 is 19.8. The molecule has 0 radical (unpaired) electrons. The lowest BCUT2D eigenvalue weighted by Crippen LogP contribution is -2.49. The fourth-order valence-electron chi connectivity index (χ4n) is 3.01. The van der Waals surface area contributed by atoms with Gasteiger partial charge in [0.2, 0.25) is 0 Å². The van der Waals surface area contributed by atoms with Crippen molar-refractivity contribution in [2.75, 3.05) is 33.4 Å². The van der Waals surface area contributed by atoms with Gasteiger partial charge in [-0.05, 0) is 23.8 Å². The van der Waals surface area contributed by atoms with Gasteiger partial charge in [0.15, 0.2) is 0 Å². The van der Waals surface area contributed by atoms with Crippen LogP contribution in [0.15, 0.2) is 41.2 Å². The van der Waals surface area contributed by atoms with Crippen LogP contribution in [0.2, 0.25) is 0 Å². The van der Waals surface area contributed by atoms with Gasteiger partial charge in [-0.2, -0.15) is 5.10 Å². The van der Waals surface area contributed by atoms with E-state index < -0.39 is 0 Å². The van der Waals surface area contributed by atoms with E-state index >= 15 is 0 Å². The largest absolute Gasteiger partial charge is 0.383 e. The molecule has 26 heavy (non-hydrogen) atoms. The molecular weight excluding hydrogens is 339 g/mol. The summed E-state index contributed by atoms with van der Waals surface area (Å²) in [6, 6.07) is 8.70. The van der Waals surface area contributed by atoms with Gasteiger partial charge in [-0.3, -0.25) is 9.59 Å². The number of hydrogen-bond donors (Lipinski definition) is 1. The van der Waals surface area contributed by atoms with E-state index in [2.05, 4.69) is 10.4 Å². The number of nitrogens with one attached hydrogen (secondary N) is 1. The summed E-state index contributed by atoms with van der Waals surface area (Å²) in [5, 5.41) is 7.40. The zero-order valence-corrected chi connectivity index (χ0v) is 14.5. The number of piperazine rings is 1. The SMILES string of the molecule is COCCn1nc(C(=O)N2CCNCC2c2cccc(F)c2)ccc1=O. The monoisotopic (exact) mass is 360 g/mol. The van der Waals surface area contributed by atoms with Crippen LogP contribution in [0.3, 0.4) is 0 Å². The highest BCUT2D eigenvalue weighted by molar-refractivity contribution is 5.92. The first-order chi connectivity index (χ1) is 12.6. The van der Waals surface area contributed by atoms with Gasteiger partial charge < -0.3 is 15.0 Å². The van der Waals surface area contributed by atoms with E-state index in [9.17, 15) is 14.0 Å². The van der Waals surface area contributed by atoms with Crippen molar-refractivity contribution in [2.45, 2.75) is 12.6 Å². The third-order valence-electron chi connectivity index (χ3n) is 4.33. The highest BCUT2D eigenvalue weighted by atomic mass is 19.1. The Balaban J connectivity index is 1.88. The van der Waals surface area contributed by atoms with Gasteiger partial charge in [0.05, 0.1) is 19.2 Å². The molecule has 0 saturated carbocycles. The maximum absolute atomic E-state index is 13.6. The summed E-state index contributed by atoms with van der Waals surface area (Å²) in [5.74, 6) is -0.626. The average Bonchev–Trinajstić information content (AvgIpc) is 2.67. The van der Waals surface area contributed by atoms with Crippen LogP contribution in [-0.2, 0) is 11.3 Å². The number of hydrogen-bond acceptors (Lipinski definition) is 5. The molecule has 1 amide bonds. The van der Waals surface area contributed by atoms with Crippen LogP contribution >= 0.6 is 0 Å². The summed E-state index contributed by atoms with van der Waals surface area (Å²) in [6.07, 6.45) is 0. The molecule has 1 aliphatic rings. The van der Waals surface area contributed by atoms with Crippen molar-refractivity contribution in [3.05, 3.63) is 63.8 Å². The number of benzene rings is 1. The molecule has 1 aromatic carbocycles. The first kappa shape index (κ1) is 18.2. The smallest absolute Gasteiger partial charge is 0.274 e. The number of carbonyl (C=O) groups is 1. The maximum Gasteiger partial charge on any atom is 0.274 e. The minimum atomic E-state index is -0.341. The molecule has 7 nitrogen and oxygen atoms in total. The number of rotatable bonds is 5. The number of amides is 1. The van der Waals surface area contributed by atoms with Crippen LogP contribution in [-0.4, -0.2) is 53.9 Å². The zero-order valence-electron chi connectivity index (χ0n) is 14.5. The Labute approximate surface area is 150 Å². The normalized spacial score (nSPS) is 17.3. The van der Waals surface area contributed by atoms with Crippen molar-refractivity contribution in [3.8, 4) is 0 Å². The van der Waals surface area contributed by atoms with Crippen molar-refractivity contribution < 1.29 is 13.9 Å². The molecule has 0 aliphatic carbocycles. The van der Waals surface area contributed by atoms with Crippen LogP contribution < -0.4 is 10.9 Å². The third kappa shape index (κ3) is 3.97. The van der Waals surface area contributed by atoms with Gasteiger partial charge in [-0.25, -0.2) is 9.07 Å². The fourth-order valence-corrected chi connectivity index (χ4v) is 3.01. The fraction of sp³-hybridized carbons (Fsp3) is 0.389. The van der Waals surface area contributed by atoms with Crippen LogP contribution in [0.25, 0.3) is 0 Å². The lowest BCUT2D eigenvalue weighted by atomic mass is 10.0. The maximum atomic E-state index is 13.6. The van der Waals surface area contributed by atoms with E-state index in [0.29, 0.717) is 26.2 Å². The topological polar surface area (TPSA) is 76.5 Å². The van der Waals surface area contributed by atoms with Crippen LogP contribution in [0.5, 0.6) is 0 Å². The van der Waals surface area contributed by atoms with Gasteiger partial charge in [0.25, 0.3) is 11.5 Å². The second-order valence-electron chi connectivity index (χ2n) is 6.05. The Morgan fingerprint density at radius 3 is 3.00 bits per heavy atom. The van der Waals surface area contributed by atoms with E-state index in [1.807, 2.05) is 0 Å². The van der Waals surface area contributed by atoms with Crippen LogP contribution in [0.4, 0.5) is 4.39 Å². The molecule has 1 fully saturated rings. The molecule has 3 rings (SSSR count). The molecule has 2 aromatic rings. The Bertz CT molecular complexity index is 839. The average molecular weight is 360 g/mol. The molecule has 0 spiro atoms. The number of methoxy groups -OCH3 is 1. The second-order valence-corrected chi connectivity index (χ2v) is 6.05. The Morgan fingerprint density at radius 1 is 1.38 bits per heavy atom. The standard InChI is InChI=1S/C18H21FN4O3/c1-26-10-9-23-17(24)6-5-15(21-23)18(25)22-8-7-20-12-16(22)13-3-2-4-14(19)11-13/h2-6,11,16,20H,7-10,12H2,1H3. The van der Waals surface area contributed by atoms with Gasteiger partial charge in [0, 0.05) is 32.8 Å². The highest BCUT2D eigenvalue weighted by Gasteiger charge is 2.29. The van der Waals surface area contributed by atoms with Gasteiger partial charge in [-0.15, -0.1) is 0 Å². The van der Waals surface area contributed by atoms with Crippen molar-refractivity contribution in [1.29, 1.82) is 0 Å². The molecule has 1 saturated heterocycles. The molecule has 1 N–H and O–H groups in total. The minimum Gasteiger partial charge on any atom is -0.383 e. The number of halogens is 1. The molecule has 0 bridgehead atoms. The quantitative estimate of drug-likeness (QED) is 0.854. The molecule has 1 aromatic heterocycles. The van der Waals surface area contributed by atoms with Crippen molar-refractivity contribution in [2.24, 2.45) is 0 Å². The first-order valence-corrected chi connectivity index (χ1v) is 8.44. The van der Waals surface area contributed by atoms with Crippen LogP contribution in [0, 0.1) is 5.82 Å². The molecule has 138 valence electrons. The lowest BCUT2D eigenvalue weighted by Gasteiger charge is -2.36. The Hall–Kier alpha value is -2.58. The highest BCUT2D eigenvalue weighted by Crippen LogP contribution is 2.24. The van der Waals surface area contributed by atoms with E-state index in [0.717, 1.165) is 5.56 Å². The predicted molar refractivity (Wildman–Crippen MR) is 93.4 cm³/mol. The summed E-state index contributed by atoms with van der Waals surface area (Å²) >= 11 is 0. The van der Waals surface area contributed by atoms with Crippen LogP contribution in [0.1, 0.15) is 22.1 Å². The summed E-state index contributed by atoms with van der Waals surface area (Å²) in [6.45, 7) is 2.23. The second kappa shape index (κ2) is 8.20. The molecular formula is C18H21FN4O3. The molecule has 8 heteroatoms. The summed E-state index contributed by atoms with van der Waals surface area (Å²) in [7, 11) is 1.53. The number of nitrogens with zero attached hydrogens (tertiary/aromatic N) is 3. The summed E-state index contributed by atoms with van der Waals surface area (Å²) in [5.41, 5.74) is 0.614. The van der Waals surface area contributed by atoms with Gasteiger partial charge >= 0.3 is 0 Å². The number of ether oxygens (including phenoxy) is 1. The zero-order chi connectivity index (χ0) is 18.5. The van der Waals surface area contributed by atoms with E-state index in [1.54, 1.807) is 17.0 Å². The Kier molecular flexibility index (Phi) is 5.75. The van der Waals surface area contributed by atoms with Gasteiger partial charge in [0.1, 0.15) is 11.5 Å².